The van der Waals surface area contributed by atoms with Crippen molar-refractivity contribution in [2.45, 2.75) is 51.1 Å². The van der Waals surface area contributed by atoms with Crippen molar-refractivity contribution < 1.29 is 0 Å². The first-order chi connectivity index (χ1) is 10.7. The summed E-state index contributed by atoms with van der Waals surface area (Å²) >= 11 is 0. The Bertz CT molecular complexity index is 519. The van der Waals surface area contributed by atoms with Gasteiger partial charge < -0.3 is 14.8 Å². The van der Waals surface area contributed by atoms with Gasteiger partial charge in [0, 0.05) is 39.1 Å². The Kier molecular flexibility index (Phi) is 6.80. The highest BCUT2D eigenvalue weighted by molar-refractivity contribution is 14.0. The topological polar surface area (TPSA) is 32.6 Å². The second kappa shape index (κ2) is 8.40. The van der Waals surface area contributed by atoms with E-state index >= 15 is 0 Å². The van der Waals surface area contributed by atoms with Crippen LogP contribution in [-0.4, -0.2) is 35.6 Å². The highest BCUT2D eigenvalue weighted by Crippen LogP contribution is 2.44. The summed E-state index contributed by atoms with van der Waals surface area (Å²) in [6, 6.07) is 4.92. The SMILES string of the molecule is CN=C(NC1CC1C1CCCCC1)N(C)Cc1cccn1C.I. The fourth-order valence-electron chi connectivity index (χ4n) is 3.95. The van der Waals surface area contributed by atoms with Gasteiger partial charge in [-0.2, -0.15) is 0 Å². The van der Waals surface area contributed by atoms with Gasteiger partial charge in [-0.1, -0.05) is 32.1 Å². The van der Waals surface area contributed by atoms with Crippen LogP contribution in [-0.2, 0) is 13.6 Å². The Hall–Kier alpha value is -0.720. The van der Waals surface area contributed by atoms with Crippen LogP contribution in [0.15, 0.2) is 23.3 Å². The van der Waals surface area contributed by atoms with Crippen LogP contribution in [0.4, 0.5) is 0 Å². The summed E-state index contributed by atoms with van der Waals surface area (Å²) in [5.41, 5.74) is 1.31. The van der Waals surface area contributed by atoms with Gasteiger partial charge in [-0.15, -0.1) is 24.0 Å². The first-order valence-electron chi connectivity index (χ1n) is 8.73. The standard InChI is InChI=1S/C18H30N4.HI/c1-19-18(22(3)13-15-10-7-11-21(15)2)20-17-12-16(17)14-8-5-4-6-9-14;/h7,10-11,14,16-17H,4-6,8-9,12-13H2,1-3H3,(H,19,20);1H. The third-order valence-electron chi connectivity index (χ3n) is 5.43. The molecule has 2 fully saturated rings. The molecule has 23 heavy (non-hydrogen) atoms. The van der Waals surface area contributed by atoms with Crippen molar-refractivity contribution in [3.05, 3.63) is 24.0 Å². The molecule has 0 amide bonds. The van der Waals surface area contributed by atoms with Crippen molar-refractivity contribution in [3.63, 3.8) is 0 Å². The van der Waals surface area contributed by atoms with Gasteiger partial charge in [0.2, 0.25) is 0 Å². The van der Waals surface area contributed by atoms with E-state index in [0.717, 1.165) is 24.3 Å². The molecule has 0 aliphatic heterocycles. The Morgan fingerprint density at radius 1 is 1.35 bits per heavy atom. The Morgan fingerprint density at radius 3 is 2.70 bits per heavy atom. The summed E-state index contributed by atoms with van der Waals surface area (Å²) in [5.74, 6) is 2.88. The molecule has 1 heterocycles. The molecular weight excluding hydrogens is 399 g/mol. The van der Waals surface area contributed by atoms with Gasteiger partial charge in [-0.05, 0) is 30.4 Å². The second-order valence-electron chi connectivity index (χ2n) is 7.06. The van der Waals surface area contributed by atoms with Crippen molar-refractivity contribution in [2.75, 3.05) is 14.1 Å². The van der Waals surface area contributed by atoms with E-state index in [1.54, 1.807) is 0 Å². The maximum absolute atomic E-state index is 4.48. The molecule has 3 rings (SSSR count). The molecule has 2 atom stereocenters. The number of hydrogen-bond acceptors (Lipinski definition) is 1. The molecule has 2 aliphatic carbocycles. The predicted octanol–water partition coefficient (Wildman–Crippen LogP) is 3.62. The summed E-state index contributed by atoms with van der Waals surface area (Å²) in [6.07, 6.45) is 10.6. The highest BCUT2D eigenvalue weighted by Gasteiger charge is 2.43. The number of nitrogens with one attached hydrogen (secondary N) is 1. The van der Waals surface area contributed by atoms with Crippen LogP contribution in [0.25, 0.3) is 0 Å². The molecule has 130 valence electrons. The van der Waals surface area contributed by atoms with E-state index in [2.05, 4.69) is 52.2 Å². The molecule has 0 aromatic carbocycles. The zero-order valence-corrected chi connectivity index (χ0v) is 17.0. The Morgan fingerprint density at radius 2 is 2.09 bits per heavy atom. The van der Waals surface area contributed by atoms with Gasteiger partial charge in [0.15, 0.2) is 5.96 Å². The lowest BCUT2D eigenvalue weighted by atomic mass is 9.85. The van der Waals surface area contributed by atoms with Gasteiger partial charge >= 0.3 is 0 Å². The minimum absolute atomic E-state index is 0. The van der Waals surface area contributed by atoms with Crippen LogP contribution in [0.1, 0.15) is 44.2 Å². The van der Waals surface area contributed by atoms with Gasteiger partial charge in [0.1, 0.15) is 0 Å². The molecular formula is C18H31IN4. The Labute approximate surface area is 157 Å². The molecule has 1 aromatic heterocycles. The number of aryl methyl sites for hydroxylation is 1. The van der Waals surface area contributed by atoms with Gasteiger partial charge in [-0.3, -0.25) is 4.99 Å². The third-order valence-corrected chi connectivity index (χ3v) is 5.43. The summed E-state index contributed by atoms with van der Waals surface area (Å²) in [7, 11) is 6.11. The van der Waals surface area contributed by atoms with E-state index in [1.807, 2.05) is 7.05 Å². The molecule has 0 bridgehead atoms. The number of guanidine groups is 1. The summed E-state index contributed by atoms with van der Waals surface area (Å²) in [5, 5.41) is 3.69. The van der Waals surface area contributed by atoms with E-state index in [0.29, 0.717) is 6.04 Å². The van der Waals surface area contributed by atoms with Gasteiger partial charge in [-0.25, -0.2) is 0 Å². The lowest BCUT2D eigenvalue weighted by Crippen LogP contribution is -2.40. The number of aliphatic imine (C=N–C) groups is 1. The minimum atomic E-state index is 0. The van der Waals surface area contributed by atoms with Crippen molar-refractivity contribution in [2.24, 2.45) is 23.9 Å². The molecule has 1 N–H and O–H groups in total. The van der Waals surface area contributed by atoms with E-state index in [4.69, 9.17) is 0 Å². The number of nitrogens with zero attached hydrogens (tertiary/aromatic N) is 3. The first-order valence-corrected chi connectivity index (χ1v) is 8.73. The fraction of sp³-hybridized carbons (Fsp3) is 0.722. The van der Waals surface area contributed by atoms with Gasteiger partial charge in [0.05, 0.1) is 6.54 Å². The minimum Gasteiger partial charge on any atom is -0.353 e. The van der Waals surface area contributed by atoms with Gasteiger partial charge in [0.25, 0.3) is 0 Å². The Balaban J connectivity index is 0.00000192. The van der Waals surface area contributed by atoms with E-state index < -0.39 is 0 Å². The lowest BCUT2D eigenvalue weighted by Gasteiger charge is -2.24. The number of rotatable bonds is 4. The average molecular weight is 430 g/mol. The molecule has 0 saturated heterocycles. The largest absolute Gasteiger partial charge is 0.353 e. The monoisotopic (exact) mass is 430 g/mol. The van der Waals surface area contributed by atoms with Crippen LogP contribution >= 0.6 is 24.0 Å². The molecule has 5 heteroatoms. The smallest absolute Gasteiger partial charge is 0.193 e. The third kappa shape index (κ3) is 4.64. The molecule has 0 radical (unpaired) electrons. The lowest BCUT2D eigenvalue weighted by molar-refractivity contribution is 0.314. The van der Waals surface area contributed by atoms with Crippen LogP contribution in [0.2, 0.25) is 0 Å². The molecule has 2 unspecified atom stereocenters. The molecule has 2 saturated carbocycles. The second-order valence-corrected chi connectivity index (χ2v) is 7.06. The van der Waals surface area contributed by atoms with Crippen molar-refractivity contribution in [3.8, 4) is 0 Å². The summed E-state index contributed by atoms with van der Waals surface area (Å²) in [4.78, 5) is 6.71. The predicted molar refractivity (Wildman–Crippen MR) is 107 cm³/mol. The van der Waals surface area contributed by atoms with E-state index in [9.17, 15) is 0 Å². The quantitative estimate of drug-likeness (QED) is 0.450. The van der Waals surface area contributed by atoms with Crippen LogP contribution in [0.5, 0.6) is 0 Å². The summed E-state index contributed by atoms with van der Waals surface area (Å²) < 4.78 is 2.17. The molecule has 1 aromatic rings. The van der Waals surface area contributed by atoms with Crippen molar-refractivity contribution in [1.29, 1.82) is 0 Å². The van der Waals surface area contributed by atoms with Crippen LogP contribution < -0.4 is 5.32 Å². The number of aromatic nitrogens is 1. The number of hydrogen-bond donors (Lipinski definition) is 1. The summed E-state index contributed by atoms with van der Waals surface area (Å²) in [6.45, 7) is 0.893. The first kappa shape index (κ1) is 18.6. The molecule has 2 aliphatic rings. The maximum Gasteiger partial charge on any atom is 0.193 e. The van der Waals surface area contributed by atoms with E-state index in [1.165, 1.54) is 44.2 Å². The normalized spacial score (nSPS) is 24.9. The molecule has 0 spiro atoms. The van der Waals surface area contributed by atoms with E-state index in [-0.39, 0.29) is 24.0 Å². The highest BCUT2D eigenvalue weighted by atomic mass is 127. The van der Waals surface area contributed by atoms with Crippen LogP contribution in [0, 0.1) is 11.8 Å². The van der Waals surface area contributed by atoms with Crippen molar-refractivity contribution in [1.82, 2.24) is 14.8 Å². The molecule has 4 nitrogen and oxygen atoms in total. The average Bonchev–Trinajstić information content (AvgIpc) is 3.21. The zero-order chi connectivity index (χ0) is 15.5. The number of halogens is 1. The van der Waals surface area contributed by atoms with Crippen molar-refractivity contribution >= 4 is 29.9 Å². The maximum atomic E-state index is 4.48. The zero-order valence-electron chi connectivity index (χ0n) is 14.7. The fourth-order valence-corrected chi connectivity index (χ4v) is 3.95. The van der Waals surface area contributed by atoms with Crippen LogP contribution in [0.3, 0.4) is 0 Å².